The number of rotatable bonds is 6. The average Bonchev–Trinajstić information content (AvgIpc) is 3.21. The Kier molecular flexibility index (Phi) is 4.24. The number of ether oxygens (including phenoxy) is 1. The highest BCUT2D eigenvalue weighted by Gasteiger charge is 2.47. The number of carboxylic acid groups (broad SMARTS) is 1. The quantitative estimate of drug-likeness (QED) is 0.744. The number of hydrogen-bond donors (Lipinski definition) is 2. The molecule has 1 fully saturated rings. The highest BCUT2D eigenvalue weighted by atomic mass is 32.2. The minimum atomic E-state index is -4.64. The van der Waals surface area contributed by atoms with Crippen LogP contribution in [0.5, 0.6) is 0 Å². The van der Waals surface area contributed by atoms with Gasteiger partial charge in [-0.3, -0.25) is 4.79 Å². The molecule has 0 radical (unpaired) electrons. The largest absolute Gasteiger partial charge is 0.480 e. The first-order chi connectivity index (χ1) is 10.0. The normalized spacial score (nSPS) is 19.7. The number of hydrogen-bond acceptors (Lipinski definition) is 5. The molecule has 6 nitrogen and oxygen atoms in total. The zero-order valence-electron chi connectivity index (χ0n) is 11.6. The summed E-state index contributed by atoms with van der Waals surface area (Å²) in [4.78, 5) is 10.7. The van der Waals surface area contributed by atoms with Gasteiger partial charge in [0.1, 0.15) is 12.1 Å². The topological polar surface area (TPSA) is 110 Å². The lowest BCUT2D eigenvalue weighted by atomic mass is 9.98. The van der Waals surface area contributed by atoms with Crippen LogP contribution < -0.4 is 5.73 Å². The molecule has 22 heavy (non-hydrogen) atoms. The fraction of sp³-hybridized carbons (Fsp3) is 0.462. The van der Waals surface area contributed by atoms with Gasteiger partial charge in [0, 0.05) is 11.8 Å². The number of benzene rings is 1. The van der Waals surface area contributed by atoms with Gasteiger partial charge in [0.25, 0.3) is 0 Å². The molecule has 2 rings (SSSR count). The fourth-order valence-corrected chi connectivity index (χ4v) is 2.62. The van der Waals surface area contributed by atoms with E-state index in [-0.39, 0.29) is 18.6 Å². The van der Waals surface area contributed by atoms with Crippen LogP contribution >= 0.6 is 0 Å². The summed E-state index contributed by atoms with van der Waals surface area (Å²) in [6, 6.07) is 2.40. The second-order valence-electron chi connectivity index (χ2n) is 5.18. The van der Waals surface area contributed by atoms with E-state index in [2.05, 4.69) is 0 Å². The summed E-state index contributed by atoms with van der Waals surface area (Å²) >= 11 is 0. The van der Waals surface area contributed by atoms with Crippen molar-refractivity contribution in [2.75, 3.05) is 12.9 Å². The lowest BCUT2D eigenvalue weighted by molar-refractivity contribution is -0.138. The molecule has 0 saturated carbocycles. The monoisotopic (exact) mass is 335 g/mol. The van der Waals surface area contributed by atoms with Crippen LogP contribution in [0.1, 0.15) is 22.8 Å². The molecule has 3 N–H and O–H groups in total. The smallest absolute Gasteiger partial charge is 0.370 e. The van der Waals surface area contributed by atoms with Gasteiger partial charge in [-0.25, -0.2) is 8.42 Å². The van der Waals surface area contributed by atoms with Crippen molar-refractivity contribution >= 4 is 15.8 Å². The lowest BCUT2D eigenvalue weighted by Crippen LogP contribution is -2.32. The molecule has 0 aromatic heterocycles. The standard InChI is InChI=1S/C13H15F2NO5S/c1-22(19,20)13(14,15)9-3-2-7(5-10(16)12(17)18)4-8(9)11-6-21-11/h2-4,10-11H,5-6,16H2,1H3,(H,17,18). The van der Waals surface area contributed by atoms with Crippen LogP contribution in [0, 0.1) is 0 Å². The first-order valence-corrected chi connectivity index (χ1v) is 8.24. The molecule has 1 heterocycles. The van der Waals surface area contributed by atoms with Gasteiger partial charge in [-0.2, -0.15) is 8.78 Å². The second kappa shape index (κ2) is 5.56. The predicted octanol–water partition coefficient (Wildman–Crippen LogP) is 0.806. The first-order valence-electron chi connectivity index (χ1n) is 6.34. The summed E-state index contributed by atoms with van der Waals surface area (Å²) in [5.41, 5.74) is 5.23. The van der Waals surface area contributed by atoms with Crippen molar-refractivity contribution in [3.63, 3.8) is 0 Å². The maximum absolute atomic E-state index is 14.1. The van der Waals surface area contributed by atoms with Gasteiger partial charge in [-0.05, 0) is 17.5 Å². The predicted molar refractivity (Wildman–Crippen MR) is 73.2 cm³/mol. The molecule has 0 amide bonds. The van der Waals surface area contributed by atoms with Crippen LogP contribution in [0.2, 0.25) is 0 Å². The van der Waals surface area contributed by atoms with E-state index in [1.807, 2.05) is 0 Å². The molecule has 2 unspecified atom stereocenters. The Morgan fingerprint density at radius 2 is 2.14 bits per heavy atom. The summed E-state index contributed by atoms with van der Waals surface area (Å²) in [5, 5.41) is 4.74. The third-order valence-electron chi connectivity index (χ3n) is 3.35. The van der Waals surface area contributed by atoms with Gasteiger partial charge in [-0.15, -0.1) is 0 Å². The molecule has 2 atom stereocenters. The molecule has 0 bridgehead atoms. The molecule has 0 spiro atoms. The third-order valence-corrected chi connectivity index (χ3v) is 4.50. The van der Waals surface area contributed by atoms with E-state index in [0.717, 1.165) is 6.07 Å². The van der Waals surface area contributed by atoms with E-state index >= 15 is 0 Å². The highest BCUT2D eigenvalue weighted by Crippen LogP contribution is 2.42. The van der Waals surface area contributed by atoms with Crippen molar-refractivity contribution in [2.24, 2.45) is 5.73 Å². The molecule has 1 saturated heterocycles. The van der Waals surface area contributed by atoms with Gasteiger partial charge in [-0.1, -0.05) is 18.2 Å². The van der Waals surface area contributed by atoms with Crippen LogP contribution in [0.4, 0.5) is 8.78 Å². The van der Waals surface area contributed by atoms with Crippen LogP contribution in [0.25, 0.3) is 0 Å². The molecule has 1 aliphatic heterocycles. The van der Waals surface area contributed by atoms with Gasteiger partial charge in [0.15, 0.2) is 0 Å². The maximum atomic E-state index is 14.1. The van der Waals surface area contributed by atoms with Crippen LogP contribution in [-0.2, 0) is 31.0 Å². The Morgan fingerprint density at radius 1 is 1.55 bits per heavy atom. The first kappa shape index (κ1) is 16.8. The lowest BCUT2D eigenvalue weighted by Gasteiger charge is -2.19. The van der Waals surface area contributed by atoms with E-state index < -0.39 is 38.8 Å². The van der Waals surface area contributed by atoms with Crippen molar-refractivity contribution in [3.05, 3.63) is 34.9 Å². The van der Waals surface area contributed by atoms with E-state index in [0.29, 0.717) is 11.8 Å². The van der Waals surface area contributed by atoms with Crippen LogP contribution in [0.3, 0.4) is 0 Å². The van der Waals surface area contributed by atoms with Crippen molar-refractivity contribution in [2.45, 2.75) is 23.8 Å². The second-order valence-corrected chi connectivity index (χ2v) is 7.24. The third kappa shape index (κ3) is 3.26. The van der Waals surface area contributed by atoms with Crippen LogP contribution in [0.15, 0.2) is 18.2 Å². The maximum Gasteiger partial charge on any atom is 0.370 e. The number of nitrogens with two attached hydrogens (primary N) is 1. The number of halogens is 2. The number of sulfone groups is 1. The Labute approximate surface area is 125 Å². The van der Waals surface area contributed by atoms with Crippen molar-refractivity contribution in [3.8, 4) is 0 Å². The molecule has 1 aromatic rings. The summed E-state index contributed by atoms with van der Waals surface area (Å²) in [6.07, 6.45) is -0.206. The Morgan fingerprint density at radius 3 is 2.59 bits per heavy atom. The van der Waals surface area contributed by atoms with Gasteiger partial charge in [0.05, 0.1) is 6.61 Å². The molecule has 9 heteroatoms. The van der Waals surface area contributed by atoms with Gasteiger partial charge < -0.3 is 15.6 Å². The summed E-state index contributed by atoms with van der Waals surface area (Å²) in [7, 11) is -4.64. The molecule has 0 aliphatic carbocycles. The summed E-state index contributed by atoms with van der Waals surface area (Å²) in [6.45, 7) is 0.210. The van der Waals surface area contributed by atoms with Gasteiger partial charge >= 0.3 is 11.2 Å². The molecule has 1 aromatic carbocycles. The SMILES string of the molecule is CS(=O)(=O)C(F)(F)c1ccc(CC(N)C(=O)O)cc1C1CO1. The zero-order chi connectivity index (χ0) is 16.7. The summed E-state index contributed by atoms with van der Waals surface area (Å²) in [5.74, 6) is -1.21. The van der Waals surface area contributed by atoms with E-state index in [4.69, 9.17) is 15.6 Å². The van der Waals surface area contributed by atoms with E-state index in [1.54, 1.807) is 0 Å². The van der Waals surface area contributed by atoms with E-state index in [9.17, 15) is 22.0 Å². The molecular formula is C13H15F2NO5S. The Bertz CT molecular complexity index is 700. The number of carboxylic acids is 1. The minimum Gasteiger partial charge on any atom is -0.480 e. The Balaban J connectivity index is 2.43. The minimum absolute atomic E-state index is 0.0468. The molecule has 122 valence electrons. The van der Waals surface area contributed by atoms with Crippen molar-refractivity contribution in [1.29, 1.82) is 0 Å². The fourth-order valence-electron chi connectivity index (χ4n) is 2.04. The number of aliphatic carboxylic acids is 1. The number of carbonyl (C=O) groups is 1. The summed E-state index contributed by atoms with van der Waals surface area (Å²) < 4.78 is 55.7. The van der Waals surface area contributed by atoms with E-state index in [1.165, 1.54) is 12.1 Å². The van der Waals surface area contributed by atoms with Crippen molar-refractivity contribution < 1.29 is 31.8 Å². The molecule has 1 aliphatic rings. The highest BCUT2D eigenvalue weighted by molar-refractivity contribution is 7.91. The molecular weight excluding hydrogens is 320 g/mol. The Hall–Kier alpha value is -1.58. The average molecular weight is 335 g/mol. The number of alkyl halides is 2. The van der Waals surface area contributed by atoms with Crippen LogP contribution in [-0.4, -0.2) is 38.4 Å². The van der Waals surface area contributed by atoms with Crippen molar-refractivity contribution in [1.82, 2.24) is 0 Å². The van der Waals surface area contributed by atoms with Gasteiger partial charge in [0.2, 0.25) is 9.84 Å². The zero-order valence-corrected chi connectivity index (χ0v) is 12.4. The number of epoxide rings is 1.